The highest BCUT2D eigenvalue weighted by atomic mass is 16.7. The van der Waals surface area contributed by atoms with Gasteiger partial charge in [0.05, 0.1) is 5.41 Å². The standard InChI is InChI=1S/C24H23N3O3.H2/c1-27(2)19-7-3-16(4-8-19)17-5-10-22(25-14-17)26-23(28)24(11-12-24)18-6-9-20-21(13-18)30-15-29-20;/h3-10,13-14H,11-12,15H2,1-2H3,(H,25,26,28);1H. The van der Waals surface area contributed by atoms with Crippen LogP contribution in [0.4, 0.5) is 11.5 Å². The maximum absolute atomic E-state index is 13.0. The minimum absolute atomic E-state index is 0. The molecule has 2 aromatic carbocycles. The normalized spacial score (nSPS) is 15.5. The third-order valence-corrected chi connectivity index (χ3v) is 5.83. The lowest BCUT2D eigenvalue weighted by atomic mass is 9.94. The first-order chi connectivity index (χ1) is 14.5. The van der Waals surface area contributed by atoms with Gasteiger partial charge in [-0.05, 0) is 60.4 Å². The molecule has 0 atom stereocenters. The number of nitrogens with zero attached hydrogens (tertiary/aromatic N) is 2. The number of hydrogen-bond donors (Lipinski definition) is 1. The molecular weight excluding hydrogens is 378 g/mol. The predicted molar refractivity (Wildman–Crippen MR) is 118 cm³/mol. The average molecular weight is 403 g/mol. The molecule has 1 N–H and O–H groups in total. The molecule has 1 aliphatic heterocycles. The number of benzene rings is 2. The van der Waals surface area contributed by atoms with Gasteiger partial charge in [0.2, 0.25) is 12.7 Å². The summed E-state index contributed by atoms with van der Waals surface area (Å²) in [6.07, 6.45) is 3.42. The van der Waals surface area contributed by atoms with Crippen molar-refractivity contribution >= 4 is 17.4 Å². The lowest BCUT2D eigenvalue weighted by Gasteiger charge is -2.16. The summed E-state index contributed by atoms with van der Waals surface area (Å²) in [7, 11) is 4.04. The summed E-state index contributed by atoms with van der Waals surface area (Å²) in [5.74, 6) is 1.96. The lowest BCUT2D eigenvalue weighted by Crippen LogP contribution is -2.28. The molecule has 2 heterocycles. The third kappa shape index (κ3) is 3.24. The molecule has 1 amide bonds. The van der Waals surface area contributed by atoms with Crippen LogP contribution in [-0.2, 0) is 10.2 Å². The van der Waals surface area contributed by atoms with Gasteiger partial charge < -0.3 is 19.7 Å². The summed E-state index contributed by atoms with van der Waals surface area (Å²) in [6, 6.07) is 17.9. The Kier molecular flexibility index (Phi) is 4.35. The molecule has 1 fully saturated rings. The zero-order valence-corrected chi connectivity index (χ0v) is 17.0. The Morgan fingerprint density at radius 3 is 2.40 bits per heavy atom. The molecule has 30 heavy (non-hydrogen) atoms. The maximum Gasteiger partial charge on any atom is 0.236 e. The van der Waals surface area contributed by atoms with Crippen molar-refractivity contribution in [2.45, 2.75) is 18.3 Å². The van der Waals surface area contributed by atoms with Crippen molar-refractivity contribution in [1.82, 2.24) is 4.98 Å². The van der Waals surface area contributed by atoms with Gasteiger partial charge in [0.1, 0.15) is 5.82 Å². The van der Waals surface area contributed by atoms with Crippen molar-refractivity contribution in [3.63, 3.8) is 0 Å². The number of nitrogens with one attached hydrogen (secondary N) is 1. The molecule has 1 saturated carbocycles. The highest BCUT2D eigenvalue weighted by Gasteiger charge is 2.51. The number of rotatable bonds is 5. The van der Waals surface area contributed by atoms with Gasteiger partial charge in [-0.3, -0.25) is 4.79 Å². The number of fused-ring (bicyclic) bond motifs is 1. The van der Waals surface area contributed by atoms with Crippen LogP contribution in [0.3, 0.4) is 0 Å². The molecule has 1 aliphatic carbocycles. The first-order valence-corrected chi connectivity index (χ1v) is 10.0. The molecule has 0 spiro atoms. The summed E-state index contributed by atoms with van der Waals surface area (Å²) in [5, 5.41) is 2.98. The monoisotopic (exact) mass is 403 g/mol. The van der Waals surface area contributed by atoms with Gasteiger partial charge in [-0.25, -0.2) is 4.98 Å². The van der Waals surface area contributed by atoms with Crippen LogP contribution < -0.4 is 19.7 Å². The first-order valence-electron chi connectivity index (χ1n) is 10.0. The molecule has 0 bridgehead atoms. The number of aromatic nitrogens is 1. The Hall–Kier alpha value is -3.54. The molecule has 1 aromatic heterocycles. The Morgan fingerprint density at radius 1 is 1.00 bits per heavy atom. The van der Waals surface area contributed by atoms with Crippen molar-refractivity contribution < 1.29 is 15.7 Å². The van der Waals surface area contributed by atoms with E-state index in [0.29, 0.717) is 11.6 Å². The first kappa shape index (κ1) is 18.5. The molecule has 6 heteroatoms. The maximum atomic E-state index is 13.0. The number of ether oxygens (including phenoxy) is 2. The average Bonchev–Trinajstić information content (AvgIpc) is 3.45. The zero-order valence-electron chi connectivity index (χ0n) is 17.0. The fraction of sp³-hybridized carbons (Fsp3) is 0.250. The molecule has 0 saturated heterocycles. The summed E-state index contributed by atoms with van der Waals surface area (Å²) >= 11 is 0. The van der Waals surface area contributed by atoms with E-state index in [-0.39, 0.29) is 14.1 Å². The smallest absolute Gasteiger partial charge is 0.236 e. The van der Waals surface area contributed by atoms with E-state index < -0.39 is 5.41 Å². The fourth-order valence-electron chi connectivity index (χ4n) is 3.79. The Balaban J connectivity index is 0.00000231. The van der Waals surface area contributed by atoms with Crippen LogP contribution in [0.1, 0.15) is 19.8 Å². The van der Waals surface area contributed by atoms with E-state index in [1.165, 1.54) is 0 Å². The van der Waals surface area contributed by atoms with Crippen LogP contribution in [0.2, 0.25) is 0 Å². The highest BCUT2D eigenvalue weighted by molar-refractivity contribution is 6.01. The van der Waals surface area contributed by atoms with Crippen molar-refractivity contribution in [1.29, 1.82) is 0 Å². The van der Waals surface area contributed by atoms with Crippen molar-refractivity contribution in [2.24, 2.45) is 0 Å². The van der Waals surface area contributed by atoms with E-state index in [9.17, 15) is 4.79 Å². The van der Waals surface area contributed by atoms with Crippen LogP contribution in [0.5, 0.6) is 11.5 Å². The SMILES string of the molecule is CN(C)c1ccc(-c2ccc(NC(=O)C3(c4ccc5c(c4)OCO5)CC3)nc2)cc1.[HH]. The van der Waals surface area contributed by atoms with E-state index in [4.69, 9.17) is 9.47 Å². The Labute approximate surface area is 176 Å². The van der Waals surface area contributed by atoms with Crippen molar-refractivity contribution in [3.8, 4) is 22.6 Å². The fourth-order valence-corrected chi connectivity index (χ4v) is 3.79. The van der Waals surface area contributed by atoms with Gasteiger partial charge in [0.25, 0.3) is 0 Å². The number of carbonyl (C=O) groups is 1. The summed E-state index contributed by atoms with van der Waals surface area (Å²) in [4.78, 5) is 19.5. The second kappa shape index (κ2) is 7.06. The number of hydrogen-bond acceptors (Lipinski definition) is 5. The van der Waals surface area contributed by atoms with Gasteiger partial charge in [-0.1, -0.05) is 18.2 Å². The van der Waals surface area contributed by atoms with Gasteiger partial charge in [0.15, 0.2) is 11.5 Å². The van der Waals surface area contributed by atoms with Crippen LogP contribution in [0.15, 0.2) is 60.8 Å². The van der Waals surface area contributed by atoms with Crippen LogP contribution in [0.25, 0.3) is 11.1 Å². The van der Waals surface area contributed by atoms with Gasteiger partial charge in [-0.15, -0.1) is 0 Å². The second-order valence-corrected chi connectivity index (χ2v) is 7.98. The molecule has 3 aromatic rings. The van der Waals surface area contributed by atoms with E-state index >= 15 is 0 Å². The van der Waals surface area contributed by atoms with Crippen LogP contribution in [-0.4, -0.2) is 31.8 Å². The van der Waals surface area contributed by atoms with Crippen molar-refractivity contribution in [3.05, 3.63) is 66.4 Å². The largest absolute Gasteiger partial charge is 0.454 e. The molecule has 5 rings (SSSR count). The second-order valence-electron chi connectivity index (χ2n) is 7.98. The molecule has 0 radical (unpaired) electrons. The minimum atomic E-state index is -0.511. The summed E-state index contributed by atoms with van der Waals surface area (Å²) < 4.78 is 10.8. The van der Waals surface area contributed by atoms with Crippen molar-refractivity contribution in [2.75, 3.05) is 31.1 Å². The van der Waals surface area contributed by atoms with Gasteiger partial charge in [0, 0.05) is 33.0 Å². The number of carbonyl (C=O) groups excluding carboxylic acids is 1. The quantitative estimate of drug-likeness (QED) is 0.681. The zero-order chi connectivity index (χ0) is 20.7. The minimum Gasteiger partial charge on any atom is -0.454 e. The highest BCUT2D eigenvalue weighted by Crippen LogP contribution is 2.51. The summed E-state index contributed by atoms with van der Waals surface area (Å²) in [6.45, 7) is 0.228. The van der Waals surface area contributed by atoms with E-state index in [0.717, 1.165) is 41.0 Å². The third-order valence-electron chi connectivity index (χ3n) is 5.83. The topological polar surface area (TPSA) is 63.7 Å². The molecular formula is C24H25N3O3. The molecule has 154 valence electrons. The number of amides is 1. The lowest BCUT2D eigenvalue weighted by molar-refractivity contribution is -0.118. The van der Waals surface area contributed by atoms with Crippen LogP contribution >= 0.6 is 0 Å². The van der Waals surface area contributed by atoms with E-state index in [1.807, 2.05) is 44.4 Å². The molecule has 6 nitrogen and oxygen atoms in total. The predicted octanol–water partition coefficient (Wildman–Crippen LogP) is 4.46. The number of pyridine rings is 1. The van der Waals surface area contributed by atoms with E-state index in [1.54, 1.807) is 6.20 Å². The molecule has 0 unspecified atom stereocenters. The van der Waals surface area contributed by atoms with Crippen LogP contribution in [0, 0.1) is 0 Å². The number of anilines is 2. The summed E-state index contributed by atoms with van der Waals surface area (Å²) in [5.41, 5.74) is 3.69. The van der Waals surface area contributed by atoms with E-state index in [2.05, 4.69) is 39.5 Å². The van der Waals surface area contributed by atoms with Gasteiger partial charge in [-0.2, -0.15) is 0 Å². The Bertz CT molecular complexity index is 1090. The molecule has 2 aliphatic rings. The Morgan fingerprint density at radius 2 is 1.73 bits per heavy atom. The van der Waals surface area contributed by atoms with Gasteiger partial charge >= 0.3 is 0 Å².